The Bertz CT molecular complexity index is 1150. The number of hydrogen-bond donors (Lipinski definition) is 3. The fourth-order valence-electron chi connectivity index (χ4n) is 2.86. The lowest BCUT2D eigenvalue weighted by molar-refractivity contribution is -0.126. The number of benzene rings is 2. The van der Waals surface area contributed by atoms with Crippen LogP contribution in [0.3, 0.4) is 0 Å². The van der Waals surface area contributed by atoms with Gasteiger partial charge in [0.1, 0.15) is 22.2 Å². The first-order valence-corrected chi connectivity index (χ1v) is 10.3. The van der Waals surface area contributed by atoms with Gasteiger partial charge in [-0.1, -0.05) is 30.0 Å². The number of rotatable bonds is 7. The Kier molecular flexibility index (Phi) is 7.01. The molecule has 1 saturated heterocycles. The Morgan fingerprint density at radius 2 is 1.88 bits per heavy atom. The van der Waals surface area contributed by atoms with E-state index >= 15 is 0 Å². The minimum absolute atomic E-state index is 0.163. The normalized spacial score (nSPS) is 14.6. The van der Waals surface area contributed by atoms with Crippen molar-refractivity contribution in [1.82, 2.24) is 4.90 Å². The number of carbonyl (C=O) groups excluding carboxylic acids is 2. The van der Waals surface area contributed by atoms with Crippen molar-refractivity contribution < 1.29 is 34.1 Å². The maximum atomic E-state index is 12.8. The van der Waals surface area contributed by atoms with E-state index in [1.807, 2.05) is 0 Å². The minimum Gasteiger partial charge on any atom is -0.507 e. The van der Waals surface area contributed by atoms with E-state index in [2.05, 4.69) is 5.32 Å². The fourth-order valence-corrected chi connectivity index (χ4v) is 4.11. The van der Waals surface area contributed by atoms with E-state index in [9.17, 15) is 19.5 Å². The quantitative estimate of drug-likeness (QED) is 0.315. The highest BCUT2D eigenvalue weighted by atomic mass is 32.2. The lowest BCUT2D eigenvalue weighted by Gasteiger charge is -2.14. The first-order chi connectivity index (χ1) is 15.2. The molecule has 1 aliphatic rings. The van der Waals surface area contributed by atoms with Crippen LogP contribution >= 0.6 is 24.0 Å². The Hall–Kier alpha value is -3.57. The number of hydrogen-bond acceptors (Lipinski definition) is 8. The summed E-state index contributed by atoms with van der Waals surface area (Å²) in [7, 11) is 3.03. The Labute approximate surface area is 192 Å². The molecule has 0 aromatic heterocycles. The SMILES string of the molecule is COc1ccc(/C=C2\SC(=S)N(CC(=O)Nc3ccc(O)c(C(=O)O)c3)C2=O)cc1OC. The highest BCUT2D eigenvalue weighted by Crippen LogP contribution is 2.34. The standard InChI is InChI=1S/C21H18N2O7S2/c1-29-15-6-3-11(7-16(15)30-2)8-17-19(26)23(21(31)32-17)10-18(25)22-12-4-5-14(24)13(9-12)20(27)28/h3-9,24H,10H2,1-2H3,(H,22,25)(H,27,28)/b17-8-. The number of phenols is 1. The van der Waals surface area contributed by atoms with Gasteiger partial charge in [-0.3, -0.25) is 14.5 Å². The van der Waals surface area contributed by atoms with Crippen molar-refractivity contribution in [2.45, 2.75) is 0 Å². The molecule has 3 N–H and O–H groups in total. The third-order valence-electron chi connectivity index (χ3n) is 4.39. The summed E-state index contributed by atoms with van der Waals surface area (Å²) in [6.07, 6.45) is 1.64. The van der Waals surface area contributed by atoms with Crippen molar-refractivity contribution >= 4 is 57.8 Å². The monoisotopic (exact) mass is 474 g/mol. The van der Waals surface area contributed by atoms with Crippen molar-refractivity contribution in [3.05, 3.63) is 52.4 Å². The van der Waals surface area contributed by atoms with E-state index in [1.165, 1.54) is 20.3 Å². The number of nitrogens with one attached hydrogen (secondary N) is 1. The van der Waals surface area contributed by atoms with E-state index in [4.69, 9.17) is 26.8 Å². The average molecular weight is 475 g/mol. The van der Waals surface area contributed by atoms with Gasteiger partial charge in [-0.15, -0.1) is 0 Å². The summed E-state index contributed by atoms with van der Waals surface area (Å²) in [6.45, 7) is -0.350. The molecule has 32 heavy (non-hydrogen) atoms. The van der Waals surface area contributed by atoms with Crippen molar-refractivity contribution in [3.8, 4) is 17.2 Å². The molecule has 11 heteroatoms. The van der Waals surface area contributed by atoms with Crippen molar-refractivity contribution in [2.24, 2.45) is 0 Å². The topological polar surface area (TPSA) is 125 Å². The van der Waals surface area contributed by atoms with Crippen LogP contribution < -0.4 is 14.8 Å². The number of methoxy groups -OCH3 is 2. The maximum absolute atomic E-state index is 12.8. The minimum atomic E-state index is -1.34. The molecule has 0 saturated carbocycles. The molecule has 1 aliphatic heterocycles. The van der Waals surface area contributed by atoms with Crippen LogP contribution in [0.1, 0.15) is 15.9 Å². The van der Waals surface area contributed by atoms with E-state index in [-0.39, 0.29) is 22.1 Å². The number of aromatic hydroxyl groups is 1. The zero-order valence-corrected chi connectivity index (χ0v) is 18.6. The van der Waals surface area contributed by atoms with Gasteiger partial charge in [-0.25, -0.2) is 4.79 Å². The zero-order valence-electron chi connectivity index (χ0n) is 16.9. The van der Waals surface area contributed by atoms with Crippen molar-refractivity contribution in [1.29, 1.82) is 0 Å². The summed E-state index contributed by atoms with van der Waals surface area (Å²) >= 11 is 6.31. The lowest BCUT2D eigenvalue weighted by atomic mass is 10.1. The molecule has 0 aliphatic carbocycles. The molecule has 2 aromatic carbocycles. The van der Waals surface area contributed by atoms with Gasteiger partial charge in [0.05, 0.1) is 19.1 Å². The molecular weight excluding hydrogens is 456 g/mol. The van der Waals surface area contributed by atoms with E-state index in [0.717, 1.165) is 28.8 Å². The summed E-state index contributed by atoms with van der Waals surface area (Å²) in [4.78, 5) is 37.8. The summed E-state index contributed by atoms with van der Waals surface area (Å²) in [6, 6.07) is 8.80. The lowest BCUT2D eigenvalue weighted by Crippen LogP contribution is -2.36. The van der Waals surface area contributed by atoms with E-state index in [1.54, 1.807) is 24.3 Å². The molecule has 9 nitrogen and oxygen atoms in total. The second-order valence-corrected chi connectivity index (χ2v) is 8.14. The fraction of sp³-hybridized carbons (Fsp3) is 0.143. The molecule has 0 radical (unpaired) electrons. The van der Waals surface area contributed by atoms with Gasteiger partial charge in [0.15, 0.2) is 11.5 Å². The van der Waals surface area contributed by atoms with Gasteiger partial charge in [0, 0.05) is 5.69 Å². The van der Waals surface area contributed by atoms with Crippen LogP contribution in [0.15, 0.2) is 41.3 Å². The number of carboxylic acids is 1. The van der Waals surface area contributed by atoms with Gasteiger partial charge in [-0.05, 0) is 42.0 Å². The number of aromatic carboxylic acids is 1. The van der Waals surface area contributed by atoms with Gasteiger partial charge in [-0.2, -0.15) is 0 Å². The predicted octanol–water partition coefficient (Wildman–Crippen LogP) is 2.95. The summed E-state index contributed by atoms with van der Waals surface area (Å²) in [5.74, 6) is -1.71. The molecule has 2 amide bonds. The zero-order chi connectivity index (χ0) is 23.4. The molecule has 2 aromatic rings. The number of ether oxygens (including phenoxy) is 2. The van der Waals surface area contributed by atoms with E-state index < -0.39 is 23.5 Å². The third kappa shape index (κ3) is 5.01. The highest BCUT2D eigenvalue weighted by molar-refractivity contribution is 8.26. The molecule has 0 unspecified atom stereocenters. The molecule has 1 fully saturated rings. The first-order valence-electron chi connectivity index (χ1n) is 9.07. The van der Waals surface area contributed by atoms with Gasteiger partial charge in [0.25, 0.3) is 5.91 Å². The maximum Gasteiger partial charge on any atom is 0.339 e. The number of nitrogens with zero attached hydrogens (tertiary/aromatic N) is 1. The number of carbonyl (C=O) groups is 3. The number of carboxylic acid groups (broad SMARTS) is 1. The van der Waals surface area contributed by atoms with Crippen LogP contribution in [0.25, 0.3) is 6.08 Å². The Morgan fingerprint density at radius 1 is 1.16 bits per heavy atom. The second kappa shape index (κ2) is 9.71. The molecule has 1 heterocycles. The van der Waals surface area contributed by atoms with Crippen molar-refractivity contribution in [3.63, 3.8) is 0 Å². The number of thiocarbonyl (C=S) groups is 1. The van der Waals surface area contributed by atoms with Crippen LogP contribution in [-0.4, -0.2) is 58.0 Å². The number of amides is 2. The molecule has 0 bridgehead atoms. The summed E-state index contributed by atoms with van der Waals surface area (Å²) in [5, 5.41) is 21.1. The third-order valence-corrected chi connectivity index (χ3v) is 5.77. The molecule has 0 atom stereocenters. The highest BCUT2D eigenvalue weighted by Gasteiger charge is 2.33. The smallest absolute Gasteiger partial charge is 0.339 e. The van der Waals surface area contributed by atoms with E-state index in [0.29, 0.717) is 22.0 Å². The largest absolute Gasteiger partial charge is 0.507 e. The second-order valence-electron chi connectivity index (χ2n) is 6.47. The van der Waals surface area contributed by atoms with Crippen LogP contribution in [0.4, 0.5) is 5.69 Å². The van der Waals surface area contributed by atoms with Crippen LogP contribution in [-0.2, 0) is 9.59 Å². The molecular formula is C21H18N2O7S2. The molecule has 166 valence electrons. The number of thioether (sulfide) groups is 1. The summed E-state index contributed by atoms with van der Waals surface area (Å²) in [5.41, 5.74) is 0.501. The molecule has 0 spiro atoms. The summed E-state index contributed by atoms with van der Waals surface area (Å²) < 4.78 is 10.7. The van der Waals surface area contributed by atoms with Crippen LogP contribution in [0, 0.1) is 0 Å². The Balaban J connectivity index is 1.72. The van der Waals surface area contributed by atoms with Gasteiger partial charge >= 0.3 is 5.97 Å². The van der Waals surface area contributed by atoms with Gasteiger partial charge in [0.2, 0.25) is 5.91 Å². The molecule has 3 rings (SSSR count). The van der Waals surface area contributed by atoms with Gasteiger partial charge < -0.3 is 25.0 Å². The predicted molar refractivity (Wildman–Crippen MR) is 123 cm³/mol. The van der Waals surface area contributed by atoms with Crippen molar-refractivity contribution in [2.75, 3.05) is 26.1 Å². The first kappa shape index (κ1) is 23.1. The van der Waals surface area contributed by atoms with Crippen LogP contribution in [0.2, 0.25) is 0 Å². The van der Waals surface area contributed by atoms with Crippen LogP contribution in [0.5, 0.6) is 17.2 Å². The number of anilines is 1. The average Bonchev–Trinajstić information content (AvgIpc) is 3.02. The Morgan fingerprint density at radius 3 is 2.53 bits per heavy atom.